The van der Waals surface area contributed by atoms with Crippen molar-refractivity contribution in [3.05, 3.63) is 69.4 Å². The molecule has 0 saturated carbocycles. The summed E-state index contributed by atoms with van der Waals surface area (Å²) in [4.78, 5) is 14.6. The van der Waals surface area contributed by atoms with Gasteiger partial charge in [0.15, 0.2) is 0 Å². The van der Waals surface area contributed by atoms with E-state index in [1.54, 1.807) is 12.1 Å². The maximum absolute atomic E-state index is 13.0. The highest BCUT2D eigenvalue weighted by molar-refractivity contribution is 7.89. The van der Waals surface area contributed by atoms with E-state index in [1.165, 1.54) is 52.0 Å². The fourth-order valence-corrected chi connectivity index (χ4v) is 5.53. The second kappa shape index (κ2) is 9.59. The van der Waals surface area contributed by atoms with Crippen molar-refractivity contribution >= 4 is 44.6 Å². The summed E-state index contributed by atoms with van der Waals surface area (Å²) in [6.07, 6.45) is 0. The summed E-state index contributed by atoms with van der Waals surface area (Å²) in [5.41, 5.74) is 0.464. The molecular weight excluding hydrogens is 477 g/mol. The molecule has 168 valence electrons. The summed E-state index contributed by atoms with van der Waals surface area (Å²) < 4.78 is 40.0. The number of carbonyl (C=O) groups excluding carboxylic acids is 1. The van der Waals surface area contributed by atoms with E-state index in [0.29, 0.717) is 48.4 Å². The highest BCUT2D eigenvalue weighted by Crippen LogP contribution is 2.21. The maximum Gasteiger partial charge on any atom is 0.286 e. The number of halogens is 2. The second-order valence-corrected chi connectivity index (χ2v) is 10.5. The Morgan fingerprint density at radius 2 is 1.69 bits per heavy atom. The zero-order chi connectivity index (χ0) is 22.7. The molecule has 2 heterocycles. The molecule has 0 unspecified atom stereocenters. The number of nitrogens with zero attached hydrogens (tertiary/aromatic N) is 4. The summed E-state index contributed by atoms with van der Waals surface area (Å²) in [5.74, 6) is -0.804. The van der Waals surface area contributed by atoms with Crippen molar-refractivity contribution in [1.82, 2.24) is 19.4 Å². The molecule has 0 aliphatic carbocycles. The number of rotatable bonds is 6. The molecule has 0 spiro atoms. The lowest BCUT2D eigenvalue weighted by molar-refractivity contribution is 0.102. The van der Waals surface area contributed by atoms with Crippen LogP contribution in [0.15, 0.2) is 53.4 Å². The Balaban J connectivity index is 1.32. The van der Waals surface area contributed by atoms with E-state index < -0.39 is 15.9 Å². The molecule has 12 heteroatoms. The Labute approximate surface area is 193 Å². The fraction of sp³-hybridized carbons (Fsp3) is 0.250. The van der Waals surface area contributed by atoms with Gasteiger partial charge in [0.1, 0.15) is 10.8 Å². The van der Waals surface area contributed by atoms with Crippen LogP contribution in [0.4, 0.5) is 10.1 Å². The van der Waals surface area contributed by atoms with Crippen LogP contribution in [0.1, 0.15) is 14.8 Å². The molecule has 3 aromatic rings. The van der Waals surface area contributed by atoms with Gasteiger partial charge in [-0.05, 0) is 48.5 Å². The minimum atomic E-state index is -3.57. The van der Waals surface area contributed by atoms with Crippen molar-refractivity contribution < 1.29 is 17.6 Å². The number of sulfonamides is 1. The van der Waals surface area contributed by atoms with Crippen LogP contribution < -0.4 is 5.32 Å². The number of anilines is 1. The number of piperazine rings is 1. The van der Waals surface area contributed by atoms with Crippen LogP contribution >= 0.6 is 22.9 Å². The van der Waals surface area contributed by atoms with E-state index >= 15 is 0 Å². The van der Waals surface area contributed by atoms with Crippen molar-refractivity contribution in [2.75, 3.05) is 31.5 Å². The Hall–Kier alpha value is -2.44. The van der Waals surface area contributed by atoms with E-state index in [9.17, 15) is 17.6 Å². The Morgan fingerprint density at radius 1 is 1.03 bits per heavy atom. The predicted octanol–water partition coefficient (Wildman–Crippen LogP) is 3.09. The van der Waals surface area contributed by atoms with Crippen molar-refractivity contribution in [1.29, 1.82) is 0 Å². The standard InChI is InChI=1S/C20H19ClFN5O3S2/c21-14-1-7-17(8-2-14)32(29,30)27-11-9-26(10-12-27)13-18-24-25-20(31-18)19(28)23-16-5-3-15(22)4-6-16/h1-8H,9-13H2,(H,23,28). The van der Waals surface area contributed by atoms with Gasteiger partial charge < -0.3 is 5.32 Å². The van der Waals surface area contributed by atoms with Gasteiger partial charge in [0.05, 0.1) is 11.4 Å². The minimum absolute atomic E-state index is 0.202. The van der Waals surface area contributed by atoms with Crippen LogP contribution in [0.3, 0.4) is 0 Å². The first-order chi connectivity index (χ1) is 15.3. The molecule has 1 saturated heterocycles. The molecule has 4 rings (SSSR count). The van der Waals surface area contributed by atoms with Gasteiger partial charge in [-0.3, -0.25) is 9.69 Å². The molecule has 0 bridgehead atoms. The van der Waals surface area contributed by atoms with Crippen molar-refractivity contribution in [3.8, 4) is 0 Å². The lowest BCUT2D eigenvalue weighted by Gasteiger charge is -2.33. The summed E-state index contributed by atoms with van der Waals surface area (Å²) >= 11 is 7.01. The molecule has 1 aliphatic rings. The third kappa shape index (κ3) is 5.30. The van der Waals surface area contributed by atoms with Crippen LogP contribution in [0.2, 0.25) is 5.02 Å². The highest BCUT2D eigenvalue weighted by Gasteiger charge is 2.29. The molecule has 0 atom stereocenters. The third-order valence-electron chi connectivity index (χ3n) is 4.90. The first-order valence-electron chi connectivity index (χ1n) is 9.69. The van der Waals surface area contributed by atoms with E-state index in [2.05, 4.69) is 20.4 Å². The Kier molecular flexibility index (Phi) is 6.82. The summed E-state index contributed by atoms with van der Waals surface area (Å²) in [6, 6.07) is 11.6. The average molecular weight is 496 g/mol. The Bertz CT molecular complexity index is 1190. The van der Waals surface area contributed by atoms with E-state index in [-0.39, 0.29) is 15.7 Å². The smallest absolute Gasteiger partial charge is 0.286 e. The van der Waals surface area contributed by atoms with Gasteiger partial charge >= 0.3 is 0 Å². The highest BCUT2D eigenvalue weighted by atomic mass is 35.5. The molecule has 0 radical (unpaired) electrons. The number of amides is 1. The van der Waals surface area contributed by atoms with Gasteiger partial charge in [-0.2, -0.15) is 4.31 Å². The predicted molar refractivity (Wildman–Crippen MR) is 120 cm³/mol. The molecule has 1 amide bonds. The molecule has 2 aromatic carbocycles. The van der Waals surface area contributed by atoms with E-state index in [0.717, 1.165) is 0 Å². The van der Waals surface area contributed by atoms with E-state index in [1.807, 2.05) is 0 Å². The number of nitrogens with one attached hydrogen (secondary N) is 1. The van der Waals surface area contributed by atoms with Crippen molar-refractivity contribution in [2.24, 2.45) is 0 Å². The van der Waals surface area contributed by atoms with Crippen molar-refractivity contribution in [2.45, 2.75) is 11.4 Å². The fourth-order valence-electron chi connectivity index (χ4n) is 3.20. The van der Waals surface area contributed by atoms with Crippen LogP contribution in [0.5, 0.6) is 0 Å². The largest absolute Gasteiger partial charge is 0.320 e. The average Bonchev–Trinajstić information content (AvgIpc) is 3.25. The zero-order valence-electron chi connectivity index (χ0n) is 16.7. The lowest BCUT2D eigenvalue weighted by Crippen LogP contribution is -2.48. The monoisotopic (exact) mass is 495 g/mol. The molecule has 1 fully saturated rings. The topological polar surface area (TPSA) is 95.5 Å². The van der Waals surface area contributed by atoms with Crippen molar-refractivity contribution in [3.63, 3.8) is 0 Å². The SMILES string of the molecule is O=C(Nc1ccc(F)cc1)c1nnc(CN2CCN(S(=O)(=O)c3ccc(Cl)cc3)CC2)s1. The maximum atomic E-state index is 13.0. The van der Waals surface area contributed by atoms with Gasteiger partial charge in [-0.15, -0.1) is 10.2 Å². The van der Waals surface area contributed by atoms with Gasteiger partial charge in [0.2, 0.25) is 15.0 Å². The number of carbonyl (C=O) groups is 1. The van der Waals surface area contributed by atoms with Gasteiger partial charge in [-0.25, -0.2) is 12.8 Å². The van der Waals surface area contributed by atoms with E-state index in [4.69, 9.17) is 11.6 Å². The number of hydrogen-bond acceptors (Lipinski definition) is 7. The zero-order valence-corrected chi connectivity index (χ0v) is 19.1. The van der Waals surface area contributed by atoms with Gasteiger partial charge in [0.25, 0.3) is 5.91 Å². The normalized spacial score (nSPS) is 15.6. The first-order valence-corrected chi connectivity index (χ1v) is 12.3. The summed E-state index contributed by atoms with van der Waals surface area (Å²) in [6.45, 7) is 2.23. The second-order valence-electron chi connectivity index (χ2n) is 7.10. The Morgan fingerprint density at radius 3 is 2.34 bits per heavy atom. The number of hydrogen-bond donors (Lipinski definition) is 1. The van der Waals surface area contributed by atoms with Gasteiger partial charge in [-0.1, -0.05) is 22.9 Å². The van der Waals surface area contributed by atoms with Crippen LogP contribution in [-0.2, 0) is 16.6 Å². The van der Waals surface area contributed by atoms with Crippen LogP contribution in [-0.4, -0.2) is 59.9 Å². The molecule has 1 aliphatic heterocycles. The van der Waals surface area contributed by atoms with Crippen LogP contribution in [0, 0.1) is 5.82 Å². The molecule has 1 aromatic heterocycles. The summed E-state index contributed by atoms with van der Waals surface area (Å²) in [5, 5.41) is 12.0. The molecule has 1 N–H and O–H groups in total. The lowest BCUT2D eigenvalue weighted by atomic mass is 10.3. The number of benzene rings is 2. The third-order valence-corrected chi connectivity index (χ3v) is 7.98. The molecule has 32 heavy (non-hydrogen) atoms. The molecule has 8 nitrogen and oxygen atoms in total. The van der Waals surface area contributed by atoms with Crippen LogP contribution in [0.25, 0.3) is 0 Å². The minimum Gasteiger partial charge on any atom is -0.320 e. The first kappa shape index (κ1) is 22.7. The molecular formula is C20H19ClFN5O3S2. The quantitative estimate of drug-likeness (QED) is 0.564. The number of aromatic nitrogens is 2. The van der Waals surface area contributed by atoms with Gasteiger partial charge in [0, 0.05) is 36.9 Å². The summed E-state index contributed by atoms with van der Waals surface area (Å²) in [7, 11) is -3.57.